The van der Waals surface area contributed by atoms with Gasteiger partial charge in [0.2, 0.25) is 59.1 Å². The van der Waals surface area contributed by atoms with E-state index in [1.165, 1.54) is 20.8 Å². The molecule has 33 nitrogen and oxygen atoms in total. The number of carbonyl (C=O) groups excluding carboxylic acids is 14. The number of aliphatic hydroxyl groups excluding tert-OH is 4. The Bertz CT molecular complexity index is 2730. The molecule has 5 fully saturated rings. The van der Waals surface area contributed by atoms with Gasteiger partial charge in [-0.1, -0.05) is 0 Å². The molecule has 0 aromatic heterocycles. The van der Waals surface area contributed by atoms with Gasteiger partial charge < -0.3 is 103 Å². The van der Waals surface area contributed by atoms with Crippen LogP contribution in [0.3, 0.4) is 0 Å². The van der Waals surface area contributed by atoms with E-state index in [2.05, 4.69) is 47.9 Å². The van der Waals surface area contributed by atoms with Crippen LogP contribution in [0.15, 0.2) is 0 Å². The highest BCUT2D eigenvalue weighted by Gasteiger charge is 2.55. The summed E-state index contributed by atoms with van der Waals surface area (Å²) in [6, 6.07) is -14.7. The Balaban J connectivity index is 1.27. The van der Waals surface area contributed by atoms with E-state index in [9.17, 15) is 106 Å². The number of aldehydes is 4. The van der Waals surface area contributed by atoms with Crippen molar-refractivity contribution >= 4 is 112 Å². The van der Waals surface area contributed by atoms with Crippen molar-refractivity contribution in [3.8, 4) is 0 Å². The molecule has 1 saturated heterocycles. The quantitative estimate of drug-likeness (QED) is 0.0200. The third-order valence-corrected chi connectivity index (χ3v) is 19.2. The number of aliphatic hydroxyl groups is 4. The lowest BCUT2D eigenvalue weighted by Gasteiger charge is -2.55. The maximum absolute atomic E-state index is 13.8. The summed E-state index contributed by atoms with van der Waals surface area (Å²) < 4.78 is 30.3. The van der Waals surface area contributed by atoms with Gasteiger partial charge in [0.25, 0.3) is 0 Å². The van der Waals surface area contributed by atoms with Crippen LogP contribution >= 0.6 is 11.8 Å². The highest BCUT2D eigenvalue weighted by molar-refractivity contribution is 8.00. The summed E-state index contributed by atoms with van der Waals surface area (Å²) in [7, 11) is -4.20. The molecule has 4 aliphatic carbocycles. The van der Waals surface area contributed by atoms with Crippen LogP contribution in [0.5, 0.6) is 0 Å². The van der Waals surface area contributed by atoms with Crippen molar-refractivity contribution in [3.63, 3.8) is 0 Å². The second kappa shape index (κ2) is 36.3. The summed E-state index contributed by atoms with van der Waals surface area (Å²) in [4.78, 5) is 192. The maximum Gasteiger partial charge on any atom is 0.327 e. The normalized spacial score (nSPS) is 25.2. The third-order valence-electron chi connectivity index (χ3n) is 16.4. The summed E-state index contributed by atoms with van der Waals surface area (Å²) in [5.41, 5.74) is -0.606. The number of carbonyl (C=O) groups is 15. The second-order valence-electron chi connectivity index (χ2n) is 23.7. The molecule has 91 heavy (non-hydrogen) atoms. The van der Waals surface area contributed by atoms with Crippen LogP contribution < -0.4 is 53.2 Å². The molecule has 14 atom stereocenters. The SMILES string of the molecule is CC(NC(=O)C(CCC=O)NC(=O)C(C)NC(=O)C(CCC=O)NC(=O)C(C)NC(=O)C(CCC=O)NC(=O)C(C)NC(=O)C(CCC=O)NC(=O)C12CC3CC(CC(C3)C1)C2)C(=O)NC(CSCCS(=O)(=O)CC(=O)NC1C(O)O[C@H](CO)[C@@H](O)[C@@H]1O)C(=O)O. The molecule has 11 unspecified atom stereocenters. The van der Waals surface area contributed by atoms with Gasteiger partial charge in [-0.3, -0.25) is 47.9 Å². The molecule has 35 heteroatoms. The third kappa shape index (κ3) is 23.2. The number of amides is 10. The topological polar surface area (TPSA) is 521 Å². The first-order valence-electron chi connectivity index (χ1n) is 30.0. The van der Waals surface area contributed by atoms with Crippen LogP contribution in [-0.2, 0) is 86.5 Å². The van der Waals surface area contributed by atoms with Gasteiger partial charge in [-0.25, -0.2) is 13.2 Å². The van der Waals surface area contributed by atoms with Gasteiger partial charge in [-0.15, -0.1) is 0 Å². The Morgan fingerprint density at radius 2 is 0.879 bits per heavy atom. The number of hydrogen-bond acceptors (Lipinski definition) is 23. The lowest BCUT2D eigenvalue weighted by Crippen LogP contribution is -2.64. The molecular weight excluding hydrogens is 1240 g/mol. The van der Waals surface area contributed by atoms with Crippen LogP contribution in [0.1, 0.15) is 118 Å². The number of sulfone groups is 1. The largest absolute Gasteiger partial charge is 0.480 e. The lowest BCUT2D eigenvalue weighted by molar-refractivity contribution is -0.253. The van der Waals surface area contributed by atoms with Crippen molar-refractivity contribution in [1.82, 2.24) is 53.2 Å². The number of nitrogens with one attached hydrogen (secondary N) is 10. The lowest BCUT2D eigenvalue weighted by atomic mass is 9.49. The summed E-state index contributed by atoms with van der Waals surface area (Å²) in [6.45, 7) is 4.07. The van der Waals surface area contributed by atoms with Gasteiger partial charge in [-0.2, -0.15) is 11.8 Å². The molecule has 1 aliphatic heterocycles. The van der Waals surface area contributed by atoms with Gasteiger partial charge >= 0.3 is 5.97 Å². The van der Waals surface area contributed by atoms with Crippen LogP contribution in [0.2, 0.25) is 0 Å². The van der Waals surface area contributed by atoms with Gasteiger partial charge in [0.05, 0.1) is 12.4 Å². The molecule has 0 aromatic rings. The number of ether oxygens (including phenoxy) is 1. The summed E-state index contributed by atoms with van der Waals surface area (Å²) in [5.74, 6) is -12.0. The Labute approximate surface area is 529 Å². The van der Waals surface area contributed by atoms with Crippen molar-refractivity contribution in [3.05, 3.63) is 0 Å². The number of carboxylic acids is 1. The van der Waals surface area contributed by atoms with Crippen molar-refractivity contribution < 1.29 is 111 Å². The second-order valence-corrected chi connectivity index (χ2v) is 27.0. The molecule has 5 aliphatic rings. The Morgan fingerprint density at radius 3 is 1.22 bits per heavy atom. The van der Waals surface area contributed by atoms with E-state index in [0.29, 0.717) is 42.9 Å². The minimum Gasteiger partial charge on any atom is -0.480 e. The van der Waals surface area contributed by atoms with Crippen molar-refractivity contribution in [2.75, 3.05) is 29.6 Å². The van der Waals surface area contributed by atoms with E-state index in [0.717, 1.165) is 57.2 Å². The molecule has 5 rings (SSSR count). The fraction of sp³-hybridized carbons (Fsp3) is 0.732. The first-order chi connectivity index (χ1) is 42.9. The summed E-state index contributed by atoms with van der Waals surface area (Å²) in [6.07, 6.45) is -1.39. The monoisotopic (exact) mass is 1330 g/mol. The van der Waals surface area contributed by atoms with Crippen LogP contribution in [0.25, 0.3) is 0 Å². The molecule has 10 amide bonds. The highest BCUT2D eigenvalue weighted by Crippen LogP contribution is 2.60. The number of hydrogen-bond donors (Lipinski definition) is 15. The van der Waals surface area contributed by atoms with E-state index in [4.69, 9.17) is 4.74 Å². The number of carboxylic acid groups (broad SMARTS) is 1. The zero-order chi connectivity index (χ0) is 67.9. The minimum absolute atomic E-state index is 0.0377. The average molecular weight is 1330 g/mol. The number of rotatable bonds is 40. The van der Waals surface area contributed by atoms with Crippen molar-refractivity contribution in [1.29, 1.82) is 0 Å². The zero-order valence-electron chi connectivity index (χ0n) is 51.0. The first-order valence-corrected chi connectivity index (χ1v) is 33.0. The molecule has 0 spiro atoms. The molecule has 510 valence electrons. The Hall–Kier alpha value is -7.05. The maximum atomic E-state index is 13.8. The first kappa shape index (κ1) is 76.4. The van der Waals surface area contributed by atoms with Crippen molar-refractivity contribution in [2.45, 2.75) is 203 Å². The van der Waals surface area contributed by atoms with E-state index < -0.39 is 183 Å². The van der Waals surface area contributed by atoms with Gasteiger partial charge in [0.15, 0.2) is 16.1 Å². The molecule has 15 N–H and O–H groups in total. The highest BCUT2D eigenvalue weighted by atomic mass is 32.2. The fourth-order valence-electron chi connectivity index (χ4n) is 11.7. The minimum atomic E-state index is -4.20. The van der Waals surface area contributed by atoms with Gasteiger partial charge in [0.1, 0.15) is 110 Å². The number of thioether (sulfide) groups is 1. The molecule has 0 aromatic carbocycles. The summed E-state index contributed by atoms with van der Waals surface area (Å²) in [5, 5.41) is 73.1. The van der Waals surface area contributed by atoms with Crippen LogP contribution in [0, 0.1) is 23.2 Å². The number of aliphatic carboxylic acids is 1. The zero-order valence-corrected chi connectivity index (χ0v) is 52.6. The van der Waals surface area contributed by atoms with E-state index in [1.54, 1.807) is 0 Å². The predicted molar refractivity (Wildman–Crippen MR) is 317 cm³/mol. The van der Waals surface area contributed by atoms with Crippen molar-refractivity contribution in [2.24, 2.45) is 23.2 Å². The molecule has 4 bridgehead atoms. The van der Waals surface area contributed by atoms with Gasteiger partial charge in [0, 0.05) is 42.6 Å². The Morgan fingerprint density at radius 1 is 0.527 bits per heavy atom. The molecule has 0 radical (unpaired) electrons. The van der Waals surface area contributed by atoms with E-state index in [1.807, 2.05) is 5.32 Å². The Kier molecular flexibility index (Phi) is 30.4. The standard InChI is InChI=1S/C56H86N10O23S2/c1-28(58-50(80)36(10-6-14-68)63-47(77)30(3)60-52(82)38(12-8-16-70)65-55(86)56-22-32-19-33(23-56)21-34(20-32)24-56)45(75)61-35(9-5-13-67)49(79)57-29(2)46(76)62-37(11-7-15-69)51(81)59-31(4)48(78)64-39(53(83)84)26-90-17-18-91(87,88)27-41(72)66-42-44(74)43(73)40(25-71)89-54(42)85/h13-16,28-40,42-44,54,71,73-74,85H,5-12,17-27H2,1-4H3,(H,57,79)(H,58,80)(H,59,81)(H,60,82)(H,61,75)(H,62,76)(H,63,77)(H,64,78)(H,65,86)(H,66,72)(H,83,84)/t28?,29?,30?,31?,32?,33?,34?,35?,36?,37?,38?,39?,40-,42?,43-,44-,54?,56?/m1/s1. The van der Waals surface area contributed by atoms with Crippen LogP contribution in [-0.4, -0.2) is 239 Å². The van der Waals surface area contributed by atoms with Crippen LogP contribution in [0.4, 0.5) is 0 Å². The summed E-state index contributed by atoms with van der Waals surface area (Å²) >= 11 is 0.748. The fourth-order valence-corrected chi connectivity index (χ4v) is 14.5. The molecule has 4 saturated carbocycles. The molecular formula is C56H86N10O23S2. The predicted octanol–water partition coefficient (Wildman–Crippen LogP) is -6.29. The molecule has 1 heterocycles. The average Bonchev–Trinajstić information content (AvgIpc) is 0.859. The van der Waals surface area contributed by atoms with E-state index in [-0.39, 0.29) is 63.0 Å². The smallest absolute Gasteiger partial charge is 0.327 e. The van der Waals surface area contributed by atoms with Gasteiger partial charge in [-0.05, 0) is 110 Å². The van der Waals surface area contributed by atoms with E-state index >= 15 is 0 Å².